The minimum absolute atomic E-state index is 0.360. The third-order valence-corrected chi connectivity index (χ3v) is 3.18. The van der Waals surface area contributed by atoms with Crippen molar-refractivity contribution in [2.45, 2.75) is 25.0 Å². The third-order valence-electron chi connectivity index (χ3n) is 3.18. The largest absolute Gasteiger partial charge is 0.368 e. The van der Waals surface area contributed by atoms with Crippen LogP contribution in [0.5, 0.6) is 0 Å². The number of benzene rings is 1. The van der Waals surface area contributed by atoms with Crippen molar-refractivity contribution < 1.29 is 4.74 Å². The molecule has 1 aliphatic carbocycles. The number of rotatable bonds is 2. The predicted octanol–water partition coefficient (Wildman–Crippen LogP) is 1.66. The van der Waals surface area contributed by atoms with Crippen LogP contribution in [0.3, 0.4) is 0 Å². The normalized spacial score (nSPS) is 25.9. The van der Waals surface area contributed by atoms with Crippen LogP contribution in [0.25, 0.3) is 0 Å². The molecule has 74 valence electrons. The average molecular weight is 189 g/mol. The van der Waals surface area contributed by atoms with E-state index in [9.17, 15) is 0 Å². The average Bonchev–Trinajstić information content (AvgIpc) is 2.55. The van der Waals surface area contributed by atoms with Crippen LogP contribution in [0, 0.1) is 0 Å². The smallest absolute Gasteiger partial charge is 0.0835 e. The number of hydrogen-bond donors (Lipinski definition) is 1. The zero-order valence-corrected chi connectivity index (χ0v) is 8.20. The quantitative estimate of drug-likeness (QED) is 0.764. The van der Waals surface area contributed by atoms with Gasteiger partial charge in [-0.25, -0.2) is 0 Å². The Morgan fingerprint density at radius 2 is 2.07 bits per heavy atom. The van der Waals surface area contributed by atoms with Gasteiger partial charge in [-0.2, -0.15) is 0 Å². The van der Waals surface area contributed by atoms with Gasteiger partial charge < -0.3 is 10.1 Å². The number of fused-ring (bicyclic) bond motifs is 1. The molecule has 1 atom stereocenters. The molecule has 0 spiro atoms. The highest BCUT2D eigenvalue weighted by Gasteiger charge is 2.27. The van der Waals surface area contributed by atoms with E-state index in [-0.39, 0.29) is 0 Å². The van der Waals surface area contributed by atoms with Gasteiger partial charge in [0.1, 0.15) is 0 Å². The van der Waals surface area contributed by atoms with Gasteiger partial charge in [-0.1, -0.05) is 24.3 Å². The summed E-state index contributed by atoms with van der Waals surface area (Å²) in [6.07, 6.45) is 3.15. The molecule has 0 bridgehead atoms. The molecule has 1 saturated heterocycles. The fourth-order valence-corrected chi connectivity index (χ4v) is 2.25. The van der Waals surface area contributed by atoms with Crippen molar-refractivity contribution in [3.05, 3.63) is 35.4 Å². The lowest BCUT2D eigenvalue weighted by molar-refractivity contribution is -0.0379. The standard InChI is InChI=1S/C12H15NO/c1-2-4-11-9(3-1)5-6-12(11)14-10-7-13-8-10/h1-4,10,12-13H,5-8H2. The van der Waals surface area contributed by atoms with Crippen LogP contribution in [0.4, 0.5) is 0 Å². The Balaban J connectivity index is 1.76. The van der Waals surface area contributed by atoms with E-state index in [0.717, 1.165) is 19.5 Å². The molecule has 0 aromatic heterocycles. The van der Waals surface area contributed by atoms with E-state index in [0.29, 0.717) is 12.2 Å². The van der Waals surface area contributed by atoms with Crippen molar-refractivity contribution in [1.82, 2.24) is 5.32 Å². The SMILES string of the molecule is c1ccc2c(c1)CCC2OC1CNC1. The minimum Gasteiger partial charge on any atom is -0.368 e. The number of aryl methyl sites for hydroxylation is 1. The van der Waals surface area contributed by atoms with E-state index in [1.165, 1.54) is 17.5 Å². The van der Waals surface area contributed by atoms with Gasteiger partial charge in [0.05, 0.1) is 12.2 Å². The van der Waals surface area contributed by atoms with Gasteiger partial charge in [-0.15, -0.1) is 0 Å². The molecular formula is C12H15NO. The van der Waals surface area contributed by atoms with Crippen molar-refractivity contribution in [2.75, 3.05) is 13.1 Å². The topological polar surface area (TPSA) is 21.3 Å². The fourth-order valence-electron chi connectivity index (χ4n) is 2.25. The highest BCUT2D eigenvalue weighted by atomic mass is 16.5. The predicted molar refractivity (Wildman–Crippen MR) is 55.2 cm³/mol. The van der Waals surface area contributed by atoms with Crippen molar-refractivity contribution in [3.8, 4) is 0 Å². The lowest BCUT2D eigenvalue weighted by atomic mass is 10.1. The summed E-state index contributed by atoms with van der Waals surface area (Å²) in [7, 11) is 0. The van der Waals surface area contributed by atoms with Gasteiger partial charge >= 0.3 is 0 Å². The van der Waals surface area contributed by atoms with Gasteiger partial charge in [0.2, 0.25) is 0 Å². The van der Waals surface area contributed by atoms with E-state index >= 15 is 0 Å². The summed E-state index contributed by atoms with van der Waals surface area (Å²) in [6, 6.07) is 8.66. The number of hydrogen-bond acceptors (Lipinski definition) is 2. The van der Waals surface area contributed by atoms with Crippen LogP contribution in [0.1, 0.15) is 23.7 Å². The molecule has 1 aromatic carbocycles. The molecule has 1 N–H and O–H groups in total. The number of nitrogens with one attached hydrogen (secondary N) is 1. The highest BCUT2D eigenvalue weighted by molar-refractivity contribution is 5.33. The Labute approximate surface area is 84.3 Å². The molecule has 0 radical (unpaired) electrons. The van der Waals surface area contributed by atoms with E-state index in [4.69, 9.17) is 4.74 Å². The molecule has 2 heteroatoms. The summed E-state index contributed by atoms with van der Waals surface area (Å²) >= 11 is 0. The van der Waals surface area contributed by atoms with Crippen molar-refractivity contribution in [1.29, 1.82) is 0 Å². The second kappa shape index (κ2) is 3.37. The molecule has 3 rings (SSSR count). The maximum atomic E-state index is 6.01. The molecule has 14 heavy (non-hydrogen) atoms. The monoisotopic (exact) mass is 189 g/mol. The first-order valence-corrected chi connectivity index (χ1v) is 5.37. The van der Waals surface area contributed by atoms with Crippen LogP contribution in [-0.2, 0) is 11.2 Å². The molecule has 1 unspecified atom stereocenters. The summed E-state index contributed by atoms with van der Waals surface area (Å²) in [5, 5.41) is 3.23. The van der Waals surface area contributed by atoms with Crippen LogP contribution >= 0.6 is 0 Å². The Morgan fingerprint density at radius 3 is 2.86 bits per heavy atom. The molecule has 1 aliphatic heterocycles. The van der Waals surface area contributed by atoms with Gasteiger partial charge in [-0.3, -0.25) is 0 Å². The molecule has 1 heterocycles. The molecule has 2 aliphatic rings. The maximum Gasteiger partial charge on any atom is 0.0835 e. The summed E-state index contributed by atoms with van der Waals surface area (Å²) in [6.45, 7) is 2.05. The Hall–Kier alpha value is -0.860. The van der Waals surface area contributed by atoms with Gasteiger partial charge in [0.25, 0.3) is 0 Å². The molecule has 2 nitrogen and oxygen atoms in total. The molecule has 1 fully saturated rings. The molecule has 1 aromatic rings. The first-order valence-electron chi connectivity index (χ1n) is 5.37. The van der Waals surface area contributed by atoms with Gasteiger partial charge in [0.15, 0.2) is 0 Å². The summed E-state index contributed by atoms with van der Waals surface area (Å²) in [5.41, 5.74) is 2.89. The Kier molecular flexibility index (Phi) is 2.03. The number of ether oxygens (including phenoxy) is 1. The fraction of sp³-hybridized carbons (Fsp3) is 0.500. The minimum atomic E-state index is 0.360. The summed E-state index contributed by atoms with van der Waals surface area (Å²) < 4.78 is 6.01. The second-order valence-corrected chi connectivity index (χ2v) is 4.14. The molecule has 0 saturated carbocycles. The lowest BCUT2D eigenvalue weighted by Gasteiger charge is -2.30. The first-order chi connectivity index (χ1) is 6.93. The maximum absolute atomic E-state index is 6.01. The van der Waals surface area contributed by atoms with E-state index in [1.54, 1.807) is 0 Å². The Morgan fingerprint density at radius 1 is 1.21 bits per heavy atom. The van der Waals surface area contributed by atoms with Gasteiger partial charge in [0, 0.05) is 13.1 Å². The molecular weight excluding hydrogens is 174 g/mol. The van der Waals surface area contributed by atoms with Crippen molar-refractivity contribution in [3.63, 3.8) is 0 Å². The third kappa shape index (κ3) is 1.35. The van der Waals surface area contributed by atoms with E-state index < -0.39 is 0 Å². The highest BCUT2D eigenvalue weighted by Crippen LogP contribution is 2.34. The molecule has 0 amide bonds. The zero-order chi connectivity index (χ0) is 9.38. The van der Waals surface area contributed by atoms with Crippen LogP contribution in [0.15, 0.2) is 24.3 Å². The van der Waals surface area contributed by atoms with Crippen molar-refractivity contribution >= 4 is 0 Å². The Bertz CT molecular complexity index is 333. The van der Waals surface area contributed by atoms with Crippen LogP contribution < -0.4 is 5.32 Å². The first kappa shape index (κ1) is 8.45. The van der Waals surface area contributed by atoms with E-state index in [1.807, 2.05) is 0 Å². The van der Waals surface area contributed by atoms with Crippen LogP contribution in [-0.4, -0.2) is 19.2 Å². The zero-order valence-electron chi connectivity index (χ0n) is 8.20. The van der Waals surface area contributed by atoms with Gasteiger partial charge in [-0.05, 0) is 24.0 Å². The van der Waals surface area contributed by atoms with Crippen LogP contribution in [0.2, 0.25) is 0 Å². The lowest BCUT2D eigenvalue weighted by Crippen LogP contribution is -2.48. The second-order valence-electron chi connectivity index (χ2n) is 4.14. The van der Waals surface area contributed by atoms with E-state index in [2.05, 4.69) is 29.6 Å². The summed E-state index contributed by atoms with van der Waals surface area (Å²) in [4.78, 5) is 0. The summed E-state index contributed by atoms with van der Waals surface area (Å²) in [5.74, 6) is 0. The van der Waals surface area contributed by atoms with Crippen molar-refractivity contribution in [2.24, 2.45) is 0 Å².